The number of rotatable bonds is 2. The number of nitro groups is 1. The second kappa shape index (κ2) is 9.49. The second-order valence-electron chi connectivity index (χ2n) is 2.07. The summed E-state index contributed by atoms with van der Waals surface area (Å²) in [4.78, 5) is 18.1. The molecule has 0 unspecified atom stereocenters. The fourth-order valence-electron chi connectivity index (χ4n) is 0.795. The minimum atomic E-state index is -0.460. The monoisotopic (exact) mass is 282 g/mol. The van der Waals surface area contributed by atoms with Crippen molar-refractivity contribution in [2.45, 2.75) is 0 Å². The molecule has 1 aromatic carbocycles. The van der Waals surface area contributed by atoms with Crippen molar-refractivity contribution >= 4 is 18.2 Å². The number of nitrogens with zero attached hydrogens (tertiary/aromatic N) is 1. The largest absolute Gasteiger partial charge is 0.665 e. The standard InChI is InChI=1S/C8H6NO2.CHO2.Y/c1-2-7-5-3-4-6-8(7)9(10)11;2-1-3;/h1-6H;(H,2,3);/q2*-1;. The number of para-hydroxylation sites is 1. The van der Waals surface area contributed by atoms with Crippen LogP contribution in [0.1, 0.15) is 5.56 Å². The van der Waals surface area contributed by atoms with Crippen LogP contribution in [0, 0.1) is 16.7 Å². The third-order valence-corrected chi connectivity index (χ3v) is 1.31. The molecule has 0 aromatic heterocycles. The summed E-state index contributed by atoms with van der Waals surface area (Å²) in [6.45, 7) is 5.66. The van der Waals surface area contributed by atoms with E-state index in [9.17, 15) is 10.1 Å². The van der Waals surface area contributed by atoms with Gasteiger partial charge in [0.15, 0.2) is 5.69 Å². The Morgan fingerprint density at radius 2 is 1.93 bits per heavy atom. The molecule has 0 bridgehead atoms. The molecule has 0 spiro atoms. The molecule has 0 aliphatic rings. The van der Waals surface area contributed by atoms with Crippen LogP contribution in [0.3, 0.4) is 0 Å². The fourth-order valence-corrected chi connectivity index (χ4v) is 0.795. The van der Waals surface area contributed by atoms with E-state index in [1.165, 1.54) is 12.1 Å². The van der Waals surface area contributed by atoms with Crippen molar-refractivity contribution < 1.29 is 47.5 Å². The summed E-state index contributed by atoms with van der Waals surface area (Å²) in [5.74, 6) is 0. The van der Waals surface area contributed by atoms with Crippen LogP contribution in [-0.2, 0) is 37.5 Å². The first kappa shape index (κ1) is 16.4. The van der Waals surface area contributed by atoms with E-state index >= 15 is 0 Å². The Hall–Kier alpha value is -1.07. The molecule has 0 saturated carbocycles. The SMILES string of the molecule is O=[C-]O.[CH-]=Cc1ccccc1[N+](=O)[O-].[Y]. The van der Waals surface area contributed by atoms with E-state index < -0.39 is 4.92 Å². The average Bonchev–Trinajstić information content (AvgIpc) is 2.19. The van der Waals surface area contributed by atoms with Crippen molar-refractivity contribution in [2.75, 3.05) is 0 Å². The summed E-state index contributed by atoms with van der Waals surface area (Å²) in [7, 11) is 0. The van der Waals surface area contributed by atoms with Crippen LogP contribution in [-0.4, -0.2) is 16.5 Å². The van der Waals surface area contributed by atoms with Gasteiger partial charge in [0.2, 0.25) is 0 Å². The molecule has 1 aromatic rings. The van der Waals surface area contributed by atoms with Crippen LogP contribution in [0.2, 0.25) is 0 Å². The molecule has 5 nitrogen and oxygen atoms in total. The smallest absolute Gasteiger partial charge is 0.199 e. The summed E-state index contributed by atoms with van der Waals surface area (Å²) < 4.78 is 0. The van der Waals surface area contributed by atoms with Gasteiger partial charge in [-0.05, 0) is 6.07 Å². The first-order valence-electron chi connectivity index (χ1n) is 3.47. The quantitative estimate of drug-likeness (QED) is 0.508. The number of hydrogen-bond acceptors (Lipinski definition) is 3. The third-order valence-electron chi connectivity index (χ3n) is 1.31. The van der Waals surface area contributed by atoms with E-state index in [1.54, 1.807) is 18.2 Å². The van der Waals surface area contributed by atoms with E-state index in [0.717, 1.165) is 0 Å². The van der Waals surface area contributed by atoms with Gasteiger partial charge >= 0.3 is 0 Å². The molecule has 1 N–H and O–H groups in total. The van der Waals surface area contributed by atoms with Gasteiger partial charge in [-0.15, -0.1) is 6.07 Å². The van der Waals surface area contributed by atoms with Gasteiger partial charge in [-0.2, -0.15) is 0 Å². The predicted molar refractivity (Wildman–Crippen MR) is 50.2 cm³/mol. The second-order valence-corrected chi connectivity index (χ2v) is 2.07. The number of nitro benzene ring substituents is 1. The Kier molecular flexibility index (Phi) is 10.4. The van der Waals surface area contributed by atoms with Crippen LogP contribution in [0.15, 0.2) is 24.3 Å². The predicted octanol–water partition coefficient (Wildman–Crippen LogP) is 1.65. The van der Waals surface area contributed by atoms with Crippen molar-refractivity contribution in [3.05, 3.63) is 46.5 Å². The van der Waals surface area contributed by atoms with Crippen LogP contribution < -0.4 is 0 Å². The third kappa shape index (κ3) is 6.09. The van der Waals surface area contributed by atoms with Gasteiger partial charge in [-0.1, -0.05) is 24.2 Å². The number of hydrogen-bond donors (Lipinski definition) is 1. The topological polar surface area (TPSA) is 80.4 Å². The Bertz CT molecular complexity index is 341. The molecule has 0 amide bonds. The molecular weight excluding hydrogens is 275 g/mol. The van der Waals surface area contributed by atoms with Crippen molar-refractivity contribution in [1.29, 1.82) is 0 Å². The van der Waals surface area contributed by atoms with Crippen molar-refractivity contribution in [3.63, 3.8) is 0 Å². The fraction of sp³-hybridized carbons (Fsp3) is 0. The maximum atomic E-state index is 10.3. The Morgan fingerprint density at radius 1 is 1.47 bits per heavy atom. The van der Waals surface area contributed by atoms with Gasteiger partial charge in [0, 0.05) is 37.6 Å². The van der Waals surface area contributed by atoms with Gasteiger partial charge in [-0.3, -0.25) is 16.7 Å². The first-order valence-corrected chi connectivity index (χ1v) is 3.47. The molecule has 77 valence electrons. The zero-order valence-corrected chi connectivity index (χ0v) is 10.5. The normalized spacial score (nSPS) is 7.47. The van der Waals surface area contributed by atoms with Crippen molar-refractivity contribution in [3.8, 4) is 0 Å². The molecule has 15 heavy (non-hydrogen) atoms. The van der Waals surface area contributed by atoms with E-state index in [-0.39, 0.29) is 38.4 Å². The zero-order chi connectivity index (χ0) is 11.0. The van der Waals surface area contributed by atoms with E-state index in [0.29, 0.717) is 12.0 Å². The maximum Gasteiger partial charge on any atom is 0.199 e. The summed E-state index contributed by atoms with van der Waals surface area (Å²) in [6, 6.07) is 6.31. The van der Waals surface area contributed by atoms with Crippen LogP contribution >= 0.6 is 0 Å². The molecule has 0 saturated heterocycles. The number of aliphatic hydroxyl groups excluding tert-OH is 1. The summed E-state index contributed by atoms with van der Waals surface area (Å²) in [5.41, 5.74) is 0.479. The Morgan fingerprint density at radius 3 is 2.27 bits per heavy atom. The molecule has 0 fully saturated rings. The van der Waals surface area contributed by atoms with Gasteiger partial charge < -0.3 is 9.90 Å². The molecule has 0 aliphatic carbocycles. The van der Waals surface area contributed by atoms with Gasteiger partial charge in [0.1, 0.15) is 0 Å². The van der Waals surface area contributed by atoms with E-state index in [1.807, 2.05) is 0 Å². The zero-order valence-electron chi connectivity index (χ0n) is 7.66. The first-order chi connectivity index (χ1) is 6.67. The summed E-state index contributed by atoms with van der Waals surface area (Å²) in [6.07, 6.45) is 1.22. The van der Waals surface area contributed by atoms with Gasteiger partial charge in [0.05, 0.1) is 0 Å². The van der Waals surface area contributed by atoms with Crippen LogP contribution in [0.5, 0.6) is 0 Å². The molecule has 0 atom stereocenters. The van der Waals surface area contributed by atoms with Gasteiger partial charge in [-0.25, -0.2) is 6.08 Å². The van der Waals surface area contributed by atoms with Crippen molar-refractivity contribution in [2.24, 2.45) is 0 Å². The van der Waals surface area contributed by atoms with E-state index in [2.05, 4.69) is 0 Å². The maximum absolute atomic E-state index is 10.3. The minimum absolute atomic E-state index is 0. The average molecular weight is 282 g/mol. The molecular formula is C9H7NO4Y-2. The Labute approximate surface area is 112 Å². The van der Waals surface area contributed by atoms with Crippen LogP contribution in [0.25, 0.3) is 6.08 Å². The van der Waals surface area contributed by atoms with E-state index in [4.69, 9.17) is 16.5 Å². The Balaban J connectivity index is 0. The molecule has 1 rings (SSSR count). The van der Waals surface area contributed by atoms with Crippen LogP contribution in [0.4, 0.5) is 5.69 Å². The summed E-state index contributed by atoms with van der Waals surface area (Å²) >= 11 is 0. The molecule has 0 heterocycles. The minimum Gasteiger partial charge on any atom is -0.665 e. The molecule has 1 radical (unpaired) electrons. The van der Waals surface area contributed by atoms with Crippen molar-refractivity contribution in [1.82, 2.24) is 0 Å². The molecule has 0 aliphatic heterocycles. The number of benzene rings is 1. The molecule has 6 heteroatoms. The summed E-state index contributed by atoms with van der Waals surface area (Å²) in [5, 5.41) is 17.1. The van der Waals surface area contributed by atoms with Gasteiger partial charge in [0.25, 0.3) is 0 Å².